The van der Waals surface area contributed by atoms with Crippen LogP contribution in [0.4, 0.5) is 10.5 Å². The summed E-state index contributed by atoms with van der Waals surface area (Å²) in [6.07, 6.45) is 1.68. The number of amides is 2. The predicted molar refractivity (Wildman–Crippen MR) is 65.5 cm³/mol. The number of hydrogen-bond acceptors (Lipinski definition) is 2. The van der Waals surface area contributed by atoms with Gasteiger partial charge in [0.2, 0.25) is 0 Å². The van der Waals surface area contributed by atoms with Crippen LogP contribution in [0.1, 0.15) is 18.4 Å². The second-order valence-electron chi connectivity index (χ2n) is 4.28. The Bertz CT molecular complexity index is 447. The van der Waals surface area contributed by atoms with Gasteiger partial charge in [-0.25, -0.2) is 4.79 Å². The van der Waals surface area contributed by atoms with Gasteiger partial charge in [-0.3, -0.25) is 0 Å². The fourth-order valence-corrected chi connectivity index (χ4v) is 1.98. The lowest BCUT2D eigenvalue weighted by Crippen LogP contribution is -2.37. The molecule has 1 unspecified atom stereocenters. The Morgan fingerprint density at radius 2 is 2.18 bits per heavy atom. The first-order chi connectivity index (χ1) is 8.20. The Balaban J connectivity index is 2.02. The van der Waals surface area contributed by atoms with Crippen molar-refractivity contribution in [1.82, 2.24) is 4.90 Å². The highest BCUT2D eigenvalue weighted by molar-refractivity contribution is 5.89. The minimum absolute atomic E-state index is 0.182. The number of nitrogens with one attached hydrogen (secondary N) is 1. The van der Waals surface area contributed by atoms with E-state index in [0.717, 1.165) is 24.1 Å². The average Bonchev–Trinajstić information content (AvgIpc) is 2.80. The van der Waals surface area contributed by atoms with Gasteiger partial charge in [0.1, 0.15) is 6.04 Å². The Morgan fingerprint density at radius 3 is 2.82 bits per heavy atom. The van der Waals surface area contributed by atoms with Crippen molar-refractivity contribution in [3.8, 4) is 6.07 Å². The molecular formula is C13H15N3O. The third-order valence-electron chi connectivity index (χ3n) is 2.97. The quantitative estimate of drug-likeness (QED) is 0.804. The van der Waals surface area contributed by atoms with Crippen LogP contribution >= 0.6 is 0 Å². The number of hydrogen-bond donors (Lipinski definition) is 1. The van der Waals surface area contributed by atoms with Gasteiger partial charge in [-0.1, -0.05) is 17.7 Å². The lowest BCUT2D eigenvalue weighted by molar-refractivity contribution is 0.215. The SMILES string of the molecule is Cc1ccc(NC(=O)N2CCCC2C#N)cc1. The largest absolute Gasteiger partial charge is 0.322 e. The number of nitrogens with zero attached hydrogens (tertiary/aromatic N) is 2. The maximum absolute atomic E-state index is 11.9. The van der Waals surface area contributed by atoms with Gasteiger partial charge >= 0.3 is 6.03 Å². The Kier molecular flexibility index (Phi) is 3.29. The summed E-state index contributed by atoms with van der Waals surface area (Å²) < 4.78 is 0. The van der Waals surface area contributed by atoms with E-state index in [4.69, 9.17) is 5.26 Å². The summed E-state index contributed by atoms with van der Waals surface area (Å²) in [7, 11) is 0. The summed E-state index contributed by atoms with van der Waals surface area (Å²) in [5, 5.41) is 11.7. The summed E-state index contributed by atoms with van der Waals surface area (Å²) in [4.78, 5) is 13.5. The van der Waals surface area contributed by atoms with Crippen LogP contribution in [0.5, 0.6) is 0 Å². The number of carbonyl (C=O) groups excluding carboxylic acids is 1. The Hall–Kier alpha value is -2.02. The molecule has 1 saturated heterocycles. The molecule has 1 heterocycles. The summed E-state index contributed by atoms with van der Waals surface area (Å²) in [6.45, 7) is 2.66. The van der Waals surface area contributed by atoms with Gasteiger partial charge in [-0.15, -0.1) is 0 Å². The number of benzene rings is 1. The van der Waals surface area contributed by atoms with Gasteiger partial charge in [0.25, 0.3) is 0 Å². The number of rotatable bonds is 1. The van der Waals surface area contributed by atoms with E-state index in [9.17, 15) is 4.79 Å². The summed E-state index contributed by atoms with van der Waals surface area (Å²) in [5.74, 6) is 0. The molecule has 1 aromatic carbocycles. The Labute approximate surface area is 101 Å². The minimum Gasteiger partial charge on any atom is -0.308 e. The molecule has 0 aliphatic carbocycles. The maximum Gasteiger partial charge on any atom is 0.322 e. The van der Waals surface area contributed by atoms with E-state index in [1.165, 1.54) is 0 Å². The molecule has 1 aliphatic heterocycles. The number of likely N-dealkylation sites (tertiary alicyclic amines) is 1. The molecule has 88 valence electrons. The number of aryl methyl sites for hydroxylation is 1. The first kappa shape index (κ1) is 11.5. The molecule has 17 heavy (non-hydrogen) atoms. The predicted octanol–water partition coefficient (Wildman–Crippen LogP) is 2.51. The lowest BCUT2D eigenvalue weighted by atomic mass is 10.2. The molecule has 0 spiro atoms. The van der Waals surface area contributed by atoms with E-state index in [2.05, 4.69) is 11.4 Å². The van der Waals surface area contributed by atoms with E-state index in [1.54, 1.807) is 4.90 Å². The zero-order valence-corrected chi connectivity index (χ0v) is 9.81. The zero-order valence-electron chi connectivity index (χ0n) is 9.81. The third-order valence-corrected chi connectivity index (χ3v) is 2.97. The molecular weight excluding hydrogens is 214 g/mol. The molecule has 1 N–H and O–H groups in total. The van der Waals surface area contributed by atoms with Crippen molar-refractivity contribution in [3.63, 3.8) is 0 Å². The molecule has 0 radical (unpaired) electrons. The fraction of sp³-hybridized carbons (Fsp3) is 0.385. The first-order valence-electron chi connectivity index (χ1n) is 5.74. The molecule has 1 fully saturated rings. The van der Waals surface area contributed by atoms with Crippen LogP contribution in [-0.2, 0) is 0 Å². The molecule has 1 aliphatic rings. The highest BCUT2D eigenvalue weighted by atomic mass is 16.2. The van der Waals surface area contributed by atoms with Gasteiger partial charge in [0.05, 0.1) is 6.07 Å². The third kappa shape index (κ3) is 2.56. The molecule has 2 rings (SSSR count). The van der Waals surface area contributed by atoms with Crippen molar-refractivity contribution in [2.24, 2.45) is 0 Å². The van der Waals surface area contributed by atoms with E-state index < -0.39 is 0 Å². The standard InChI is InChI=1S/C13H15N3O/c1-10-4-6-11(7-5-10)15-13(17)16-8-2-3-12(16)9-14/h4-7,12H,2-3,8H2,1H3,(H,15,17). The van der Waals surface area contributed by atoms with Crippen LogP contribution in [-0.4, -0.2) is 23.5 Å². The fourth-order valence-electron chi connectivity index (χ4n) is 1.98. The summed E-state index contributed by atoms with van der Waals surface area (Å²) >= 11 is 0. The van der Waals surface area contributed by atoms with Gasteiger partial charge in [0, 0.05) is 12.2 Å². The van der Waals surface area contributed by atoms with Crippen LogP contribution in [0.2, 0.25) is 0 Å². The lowest BCUT2D eigenvalue weighted by Gasteiger charge is -2.19. The summed E-state index contributed by atoms with van der Waals surface area (Å²) in [5.41, 5.74) is 1.92. The number of urea groups is 1. The van der Waals surface area contributed by atoms with Gasteiger partial charge in [-0.05, 0) is 31.9 Å². The monoisotopic (exact) mass is 229 g/mol. The number of anilines is 1. The average molecular weight is 229 g/mol. The van der Waals surface area contributed by atoms with Crippen molar-refractivity contribution < 1.29 is 4.79 Å². The van der Waals surface area contributed by atoms with Crippen molar-refractivity contribution in [2.75, 3.05) is 11.9 Å². The normalized spacial score (nSPS) is 18.8. The molecule has 4 heteroatoms. The highest BCUT2D eigenvalue weighted by Gasteiger charge is 2.28. The second kappa shape index (κ2) is 4.88. The van der Waals surface area contributed by atoms with Gasteiger partial charge < -0.3 is 10.2 Å². The van der Waals surface area contributed by atoms with Crippen LogP contribution < -0.4 is 5.32 Å². The molecule has 4 nitrogen and oxygen atoms in total. The number of nitriles is 1. The summed E-state index contributed by atoms with van der Waals surface area (Å²) in [6, 6.07) is 9.32. The van der Waals surface area contributed by atoms with E-state index in [0.29, 0.717) is 6.54 Å². The molecule has 0 aromatic heterocycles. The topological polar surface area (TPSA) is 56.1 Å². The van der Waals surface area contributed by atoms with E-state index in [-0.39, 0.29) is 12.1 Å². The smallest absolute Gasteiger partial charge is 0.308 e. The zero-order chi connectivity index (χ0) is 12.3. The minimum atomic E-state index is -0.277. The van der Waals surface area contributed by atoms with E-state index in [1.807, 2.05) is 31.2 Å². The number of carbonyl (C=O) groups is 1. The van der Waals surface area contributed by atoms with Crippen molar-refractivity contribution >= 4 is 11.7 Å². The van der Waals surface area contributed by atoms with Gasteiger partial charge in [0.15, 0.2) is 0 Å². The van der Waals surface area contributed by atoms with Crippen molar-refractivity contribution in [1.29, 1.82) is 5.26 Å². The van der Waals surface area contributed by atoms with Crippen LogP contribution in [0.3, 0.4) is 0 Å². The second-order valence-corrected chi connectivity index (χ2v) is 4.28. The van der Waals surface area contributed by atoms with Crippen LogP contribution in [0, 0.1) is 18.3 Å². The first-order valence-corrected chi connectivity index (χ1v) is 5.74. The van der Waals surface area contributed by atoms with Crippen molar-refractivity contribution in [3.05, 3.63) is 29.8 Å². The highest BCUT2D eigenvalue weighted by Crippen LogP contribution is 2.18. The molecule has 0 saturated carbocycles. The Morgan fingerprint density at radius 1 is 1.47 bits per heavy atom. The maximum atomic E-state index is 11.9. The van der Waals surface area contributed by atoms with Crippen LogP contribution in [0.25, 0.3) is 0 Å². The van der Waals surface area contributed by atoms with Crippen molar-refractivity contribution in [2.45, 2.75) is 25.8 Å². The van der Waals surface area contributed by atoms with Gasteiger partial charge in [-0.2, -0.15) is 5.26 Å². The van der Waals surface area contributed by atoms with E-state index >= 15 is 0 Å². The molecule has 0 bridgehead atoms. The molecule has 2 amide bonds. The molecule has 1 atom stereocenters. The molecule has 1 aromatic rings. The van der Waals surface area contributed by atoms with Crippen LogP contribution in [0.15, 0.2) is 24.3 Å².